The number of benzene rings is 1. The van der Waals surface area contributed by atoms with Crippen LogP contribution in [0.4, 0.5) is 0 Å². The Morgan fingerprint density at radius 1 is 1.56 bits per heavy atom. The van der Waals surface area contributed by atoms with Gasteiger partial charge in [0, 0.05) is 21.3 Å². The van der Waals surface area contributed by atoms with Gasteiger partial charge < -0.3 is 5.32 Å². The van der Waals surface area contributed by atoms with E-state index in [1.54, 1.807) is 18.2 Å². The van der Waals surface area contributed by atoms with E-state index in [4.69, 9.17) is 11.6 Å². The second-order valence-electron chi connectivity index (χ2n) is 4.55. The average Bonchev–Trinajstić information content (AvgIpc) is 2.31. The number of hydrogen-bond donors (Lipinski definition) is 1. The average molecular weight is 349 g/mol. The Morgan fingerprint density at radius 3 is 2.78 bits per heavy atom. The van der Waals surface area contributed by atoms with Gasteiger partial charge >= 0.3 is 0 Å². The largest absolute Gasteiger partial charge is 0.351 e. The second-order valence-corrected chi connectivity index (χ2v) is 7.09. The summed E-state index contributed by atoms with van der Waals surface area (Å²) in [6, 6.07) is 5.23. The van der Waals surface area contributed by atoms with Crippen LogP contribution < -0.4 is 5.32 Å². The first-order valence-corrected chi connectivity index (χ1v) is 8.24. The lowest BCUT2D eigenvalue weighted by Gasteiger charge is -2.40. The Hall–Kier alpha value is -0.190. The molecule has 5 heteroatoms. The topological polar surface area (TPSA) is 29.1 Å². The first-order valence-electron chi connectivity index (χ1n) is 5.85. The molecule has 0 unspecified atom stereocenters. The van der Waals surface area contributed by atoms with Gasteiger partial charge in [0.1, 0.15) is 0 Å². The van der Waals surface area contributed by atoms with Gasteiger partial charge in [-0.15, -0.1) is 0 Å². The first kappa shape index (κ1) is 14.2. The maximum atomic E-state index is 12.0. The summed E-state index contributed by atoms with van der Waals surface area (Å²) in [5.41, 5.74) is 0.641. The molecule has 1 N–H and O–H groups in total. The molecule has 0 aliphatic heterocycles. The molecule has 0 radical (unpaired) electrons. The third-order valence-corrected chi connectivity index (χ3v) is 6.08. The Labute approximate surface area is 125 Å². The Balaban J connectivity index is 1.97. The van der Waals surface area contributed by atoms with Crippen molar-refractivity contribution < 1.29 is 4.79 Å². The highest BCUT2D eigenvalue weighted by Gasteiger charge is 2.36. The standard InChI is InChI=1S/C13H15BrClNOS/c1-18-13(5-2-6-13)8-16-12(17)9-3-4-11(15)10(14)7-9/h3-4,7H,2,5-6,8H2,1H3,(H,16,17). The molecule has 0 bridgehead atoms. The summed E-state index contributed by atoms with van der Waals surface area (Å²) < 4.78 is 1.01. The lowest BCUT2D eigenvalue weighted by molar-refractivity contribution is 0.0944. The highest BCUT2D eigenvalue weighted by atomic mass is 79.9. The molecule has 0 spiro atoms. The van der Waals surface area contributed by atoms with E-state index in [1.807, 2.05) is 11.8 Å². The summed E-state index contributed by atoms with van der Waals surface area (Å²) in [4.78, 5) is 12.0. The van der Waals surface area contributed by atoms with Gasteiger partial charge in [0.2, 0.25) is 0 Å². The number of thioether (sulfide) groups is 1. The van der Waals surface area contributed by atoms with Crippen LogP contribution in [0.25, 0.3) is 0 Å². The molecule has 1 aliphatic rings. The summed E-state index contributed by atoms with van der Waals surface area (Å²) in [6.07, 6.45) is 5.77. The summed E-state index contributed by atoms with van der Waals surface area (Å²) in [6.45, 7) is 0.743. The van der Waals surface area contributed by atoms with Crippen molar-refractivity contribution in [3.05, 3.63) is 33.3 Å². The maximum absolute atomic E-state index is 12.0. The van der Waals surface area contributed by atoms with E-state index in [9.17, 15) is 4.79 Å². The number of nitrogens with one attached hydrogen (secondary N) is 1. The molecule has 0 heterocycles. The molecule has 1 saturated carbocycles. The number of carbonyl (C=O) groups excluding carboxylic acids is 1. The number of rotatable bonds is 4. The zero-order valence-corrected chi connectivity index (χ0v) is 13.3. The lowest BCUT2D eigenvalue weighted by Crippen LogP contribution is -2.45. The van der Waals surface area contributed by atoms with Crippen LogP contribution in [0.5, 0.6) is 0 Å². The van der Waals surface area contributed by atoms with Crippen LogP contribution >= 0.6 is 39.3 Å². The van der Waals surface area contributed by atoms with Crippen molar-refractivity contribution >= 4 is 45.2 Å². The van der Waals surface area contributed by atoms with Gasteiger partial charge in [0.25, 0.3) is 5.91 Å². The zero-order chi connectivity index (χ0) is 13.2. The smallest absolute Gasteiger partial charge is 0.251 e. The van der Waals surface area contributed by atoms with Gasteiger partial charge in [-0.3, -0.25) is 4.79 Å². The van der Waals surface area contributed by atoms with Crippen molar-refractivity contribution in [2.45, 2.75) is 24.0 Å². The third-order valence-electron chi connectivity index (χ3n) is 3.45. The monoisotopic (exact) mass is 347 g/mol. The van der Waals surface area contributed by atoms with E-state index in [2.05, 4.69) is 27.5 Å². The number of hydrogen-bond acceptors (Lipinski definition) is 2. The van der Waals surface area contributed by atoms with Crippen LogP contribution in [0.3, 0.4) is 0 Å². The van der Waals surface area contributed by atoms with Crippen LogP contribution in [0.1, 0.15) is 29.6 Å². The van der Waals surface area contributed by atoms with Crippen molar-refractivity contribution in [3.8, 4) is 0 Å². The molecule has 1 amide bonds. The minimum absolute atomic E-state index is 0.0345. The van der Waals surface area contributed by atoms with Crippen LogP contribution in [0.15, 0.2) is 22.7 Å². The fourth-order valence-corrected chi connectivity index (χ4v) is 3.41. The molecule has 1 aromatic rings. The minimum Gasteiger partial charge on any atom is -0.351 e. The quantitative estimate of drug-likeness (QED) is 0.887. The Morgan fingerprint density at radius 2 is 2.28 bits per heavy atom. The first-order chi connectivity index (χ1) is 8.56. The fraction of sp³-hybridized carbons (Fsp3) is 0.462. The highest BCUT2D eigenvalue weighted by Crippen LogP contribution is 2.42. The molecular formula is C13H15BrClNOS. The Bertz CT molecular complexity index is 457. The minimum atomic E-state index is -0.0345. The summed E-state index contributed by atoms with van der Waals surface area (Å²) in [5.74, 6) is -0.0345. The molecule has 1 fully saturated rings. The van der Waals surface area contributed by atoms with Crippen molar-refractivity contribution in [2.24, 2.45) is 0 Å². The van der Waals surface area contributed by atoms with Crippen molar-refractivity contribution in [3.63, 3.8) is 0 Å². The van der Waals surface area contributed by atoms with E-state index >= 15 is 0 Å². The van der Waals surface area contributed by atoms with Gasteiger partial charge in [0.05, 0.1) is 5.02 Å². The molecule has 2 nitrogen and oxygen atoms in total. The number of amides is 1. The van der Waals surface area contributed by atoms with Gasteiger partial charge in [0.15, 0.2) is 0 Å². The van der Waals surface area contributed by atoms with Crippen molar-refractivity contribution in [1.29, 1.82) is 0 Å². The maximum Gasteiger partial charge on any atom is 0.251 e. The van der Waals surface area contributed by atoms with E-state index in [0.29, 0.717) is 10.6 Å². The molecule has 18 heavy (non-hydrogen) atoms. The second kappa shape index (κ2) is 5.85. The predicted octanol–water partition coefficient (Wildman–Crippen LogP) is 4.12. The number of halogens is 2. The van der Waals surface area contributed by atoms with Gasteiger partial charge in [-0.25, -0.2) is 0 Å². The molecule has 0 aromatic heterocycles. The summed E-state index contributed by atoms with van der Waals surface area (Å²) in [7, 11) is 0. The van der Waals surface area contributed by atoms with Gasteiger partial charge in [-0.2, -0.15) is 11.8 Å². The van der Waals surface area contributed by atoms with E-state index < -0.39 is 0 Å². The van der Waals surface area contributed by atoms with Crippen molar-refractivity contribution in [2.75, 3.05) is 12.8 Å². The molecule has 1 aromatic carbocycles. The lowest BCUT2D eigenvalue weighted by atomic mass is 9.84. The van der Waals surface area contributed by atoms with Crippen LogP contribution in [0, 0.1) is 0 Å². The van der Waals surface area contributed by atoms with Gasteiger partial charge in [-0.05, 0) is 53.2 Å². The molecule has 0 saturated heterocycles. The van der Waals surface area contributed by atoms with Crippen LogP contribution in [-0.4, -0.2) is 23.5 Å². The number of carbonyl (C=O) groups is 1. The normalized spacial score (nSPS) is 17.1. The summed E-state index contributed by atoms with van der Waals surface area (Å²) in [5, 5.41) is 3.63. The third kappa shape index (κ3) is 3.03. The summed E-state index contributed by atoms with van der Waals surface area (Å²) >= 11 is 11.1. The molecule has 1 aliphatic carbocycles. The molecule has 98 valence electrons. The molecule has 0 atom stereocenters. The SMILES string of the molecule is CSC1(CNC(=O)c2ccc(Cl)c(Br)c2)CCC1. The molecular weight excluding hydrogens is 334 g/mol. The van der Waals surface area contributed by atoms with Crippen LogP contribution in [-0.2, 0) is 0 Å². The van der Waals surface area contributed by atoms with E-state index in [1.165, 1.54) is 19.3 Å². The zero-order valence-electron chi connectivity index (χ0n) is 10.1. The molecule has 2 rings (SSSR count). The fourth-order valence-electron chi connectivity index (χ4n) is 2.00. The van der Waals surface area contributed by atoms with Gasteiger partial charge in [-0.1, -0.05) is 18.0 Å². The Kier molecular flexibility index (Phi) is 4.62. The predicted molar refractivity (Wildman–Crippen MR) is 81.6 cm³/mol. The van der Waals surface area contributed by atoms with Crippen molar-refractivity contribution in [1.82, 2.24) is 5.32 Å². The van der Waals surface area contributed by atoms with E-state index in [-0.39, 0.29) is 10.7 Å². The van der Waals surface area contributed by atoms with E-state index in [0.717, 1.165) is 11.0 Å². The highest BCUT2D eigenvalue weighted by molar-refractivity contribution is 9.10. The van der Waals surface area contributed by atoms with Crippen LogP contribution in [0.2, 0.25) is 5.02 Å².